The number of rotatable bonds is 5. The third-order valence-electron chi connectivity index (χ3n) is 6.92. The molecule has 0 bridgehead atoms. The first kappa shape index (κ1) is 27.1. The van der Waals surface area contributed by atoms with Crippen molar-refractivity contribution in [3.8, 4) is 22.4 Å². The van der Waals surface area contributed by atoms with Gasteiger partial charge in [-0.3, -0.25) is 14.2 Å². The van der Waals surface area contributed by atoms with Gasteiger partial charge in [-0.25, -0.2) is 4.98 Å². The first-order valence-electron chi connectivity index (χ1n) is 13.0. The van der Waals surface area contributed by atoms with E-state index in [0.717, 1.165) is 57.7 Å². The van der Waals surface area contributed by atoms with E-state index in [0.29, 0.717) is 5.56 Å². The number of alkyl halides is 3. The summed E-state index contributed by atoms with van der Waals surface area (Å²) in [5.41, 5.74) is 6.10. The Morgan fingerprint density at radius 2 is 1.70 bits per heavy atom. The molecule has 5 aromatic rings. The van der Waals surface area contributed by atoms with Crippen molar-refractivity contribution in [2.24, 2.45) is 0 Å². The molecule has 0 fully saturated rings. The summed E-state index contributed by atoms with van der Waals surface area (Å²) in [5.74, 6) is -0.482. The fourth-order valence-electron chi connectivity index (χ4n) is 4.69. The van der Waals surface area contributed by atoms with E-state index in [2.05, 4.69) is 54.3 Å². The van der Waals surface area contributed by atoms with Crippen LogP contribution in [0.2, 0.25) is 0 Å². The van der Waals surface area contributed by atoms with Crippen molar-refractivity contribution in [3.05, 3.63) is 108 Å². The monoisotopic (exact) mass is 542 g/mol. The Balaban J connectivity index is 1.59. The van der Waals surface area contributed by atoms with Gasteiger partial charge in [0.25, 0.3) is 5.91 Å². The Hall–Kier alpha value is -4.46. The average molecular weight is 543 g/mol. The topological polar surface area (TPSA) is 59.3 Å². The maximum absolute atomic E-state index is 13.2. The number of aromatic nitrogens is 3. The number of carbonyl (C=O) groups excluding carboxylic acids is 1. The van der Waals surface area contributed by atoms with E-state index < -0.39 is 17.6 Å². The zero-order valence-electron chi connectivity index (χ0n) is 22.7. The van der Waals surface area contributed by atoms with Crippen LogP contribution >= 0.6 is 0 Å². The molecule has 0 atom stereocenters. The molecule has 2 heterocycles. The minimum absolute atomic E-state index is 0.0834. The molecule has 3 aromatic carbocycles. The maximum Gasteiger partial charge on any atom is 0.416 e. The molecule has 1 amide bonds. The van der Waals surface area contributed by atoms with Gasteiger partial charge in [-0.05, 0) is 76.6 Å². The van der Waals surface area contributed by atoms with Crippen molar-refractivity contribution in [1.82, 2.24) is 14.4 Å². The number of benzene rings is 3. The van der Waals surface area contributed by atoms with Gasteiger partial charge < -0.3 is 5.32 Å². The molecule has 0 radical (unpaired) electrons. The van der Waals surface area contributed by atoms with E-state index in [-0.39, 0.29) is 11.1 Å². The van der Waals surface area contributed by atoms with Gasteiger partial charge >= 0.3 is 6.18 Å². The van der Waals surface area contributed by atoms with Crippen LogP contribution in [0.5, 0.6) is 0 Å². The van der Waals surface area contributed by atoms with E-state index in [1.807, 2.05) is 35.9 Å². The lowest BCUT2D eigenvalue weighted by atomic mass is 9.83. The van der Waals surface area contributed by atoms with Crippen molar-refractivity contribution < 1.29 is 18.0 Å². The van der Waals surface area contributed by atoms with Gasteiger partial charge in [-0.2, -0.15) is 13.2 Å². The van der Waals surface area contributed by atoms with Gasteiger partial charge in [0, 0.05) is 29.2 Å². The Kier molecular flexibility index (Phi) is 6.96. The van der Waals surface area contributed by atoms with Crippen LogP contribution in [0.25, 0.3) is 28.0 Å². The number of hydrogen-bond donors (Lipinski definition) is 1. The smallest absolute Gasteiger partial charge is 0.322 e. The lowest BCUT2D eigenvalue weighted by Gasteiger charge is -2.22. The van der Waals surface area contributed by atoms with Crippen LogP contribution < -0.4 is 5.32 Å². The van der Waals surface area contributed by atoms with E-state index in [4.69, 9.17) is 0 Å². The largest absolute Gasteiger partial charge is 0.416 e. The van der Waals surface area contributed by atoms with Gasteiger partial charge in [0.15, 0.2) is 5.65 Å². The normalized spacial score (nSPS) is 12.1. The Morgan fingerprint density at radius 1 is 0.925 bits per heavy atom. The van der Waals surface area contributed by atoms with Gasteiger partial charge in [0.1, 0.15) is 0 Å². The Bertz CT molecular complexity index is 1710. The molecule has 0 aliphatic carbocycles. The summed E-state index contributed by atoms with van der Waals surface area (Å²) in [5, 5.41) is 2.62. The van der Waals surface area contributed by atoms with Gasteiger partial charge in [0.05, 0.1) is 23.7 Å². The summed E-state index contributed by atoms with van der Waals surface area (Å²) in [4.78, 5) is 21.8. The lowest BCUT2D eigenvalue weighted by Crippen LogP contribution is -2.14. The van der Waals surface area contributed by atoms with E-state index in [9.17, 15) is 18.0 Å². The number of aryl methyl sites for hydroxylation is 1. The summed E-state index contributed by atoms with van der Waals surface area (Å²) in [7, 11) is 0. The molecule has 8 heteroatoms. The Morgan fingerprint density at radius 3 is 2.42 bits per heavy atom. The third-order valence-corrected chi connectivity index (χ3v) is 6.92. The summed E-state index contributed by atoms with van der Waals surface area (Å²) >= 11 is 0. The summed E-state index contributed by atoms with van der Waals surface area (Å²) in [6.45, 7) is 8.49. The fourth-order valence-corrected chi connectivity index (χ4v) is 4.69. The SMILES string of the molecule is CCc1ccc(C(=O)Nc2cccc(C(F)(F)F)c2)cc1-c1cc(-c2cnc3cnccn23)cc(C(C)(C)C)c1. The number of nitrogens with zero attached hydrogens (tertiary/aromatic N) is 3. The number of amides is 1. The standard InChI is InChI=1S/C32H29F3N4O/c1-5-20-9-10-21(30(40)38-26-8-6-7-24(17-26)32(33,34)35)16-27(20)22-13-23(15-25(14-22)31(2,3)4)28-18-37-29-19-36-11-12-39(28)29/h6-19H,5H2,1-4H3,(H,38,40). The van der Waals surface area contributed by atoms with Crippen molar-refractivity contribution in [2.75, 3.05) is 5.32 Å². The van der Waals surface area contributed by atoms with E-state index >= 15 is 0 Å². The molecule has 204 valence electrons. The highest BCUT2D eigenvalue weighted by Gasteiger charge is 2.30. The van der Waals surface area contributed by atoms with Crippen LogP contribution in [0, 0.1) is 0 Å². The molecule has 0 saturated carbocycles. The molecule has 0 unspecified atom stereocenters. The van der Waals surface area contributed by atoms with Gasteiger partial charge in [-0.15, -0.1) is 0 Å². The van der Waals surface area contributed by atoms with Crippen molar-refractivity contribution in [2.45, 2.75) is 45.7 Å². The summed E-state index contributed by atoms with van der Waals surface area (Å²) in [6.07, 6.45) is 3.36. The predicted molar refractivity (Wildman–Crippen MR) is 151 cm³/mol. The first-order valence-corrected chi connectivity index (χ1v) is 13.0. The number of halogens is 3. The molecule has 1 N–H and O–H groups in total. The molecule has 0 spiro atoms. The summed E-state index contributed by atoms with van der Waals surface area (Å²) < 4.78 is 41.5. The second-order valence-electron chi connectivity index (χ2n) is 10.8. The molecular weight excluding hydrogens is 513 g/mol. The zero-order valence-corrected chi connectivity index (χ0v) is 22.7. The lowest BCUT2D eigenvalue weighted by molar-refractivity contribution is -0.137. The minimum Gasteiger partial charge on any atom is -0.322 e. The Labute approximate surface area is 230 Å². The molecule has 0 saturated heterocycles. The van der Waals surface area contributed by atoms with Crippen molar-refractivity contribution >= 4 is 17.2 Å². The second-order valence-corrected chi connectivity index (χ2v) is 10.8. The van der Waals surface area contributed by atoms with E-state index in [1.54, 1.807) is 18.5 Å². The molecule has 2 aromatic heterocycles. The molecule has 0 aliphatic heterocycles. The molecule has 0 aliphatic rings. The maximum atomic E-state index is 13.2. The highest BCUT2D eigenvalue weighted by molar-refractivity contribution is 6.05. The highest BCUT2D eigenvalue weighted by atomic mass is 19.4. The van der Waals surface area contributed by atoms with Crippen LogP contribution in [0.4, 0.5) is 18.9 Å². The van der Waals surface area contributed by atoms with Crippen LogP contribution in [0.3, 0.4) is 0 Å². The minimum atomic E-state index is -4.50. The fraction of sp³-hybridized carbons (Fsp3) is 0.219. The van der Waals surface area contributed by atoms with Crippen LogP contribution in [0.1, 0.15) is 54.7 Å². The van der Waals surface area contributed by atoms with Gasteiger partial charge in [-0.1, -0.05) is 45.9 Å². The van der Waals surface area contributed by atoms with Crippen LogP contribution in [-0.4, -0.2) is 20.3 Å². The van der Waals surface area contributed by atoms with Crippen LogP contribution in [0.15, 0.2) is 85.5 Å². The van der Waals surface area contributed by atoms with Crippen LogP contribution in [-0.2, 0) is 18.0 Å². The van der Waals surface area contributed by atoms with E-state index in [1.165, 1.54) is 12.1 Å². The number of anilines is 1. The highest BCUT2D eigenvalue weighted by Crippen LogP contribution is 2.36. The molecule has 40 heavy (non-hydrogen) atoms. The number of nitrogens with one attached hydrogen (secondary N) is 1. The first-order chi connectivity index (χ1) is 18.9. The molecule has 5 rings (SSSR count). The molecular formula is C32H29F3N4O. The zero-order chi connectivity index (χ0) is 28.7. The number of hydrogen-bond acceptors (Lipinski definition) is 3. The van der Waals surface area contributed by atoms with Crippen molar-refractivity contribution in [3.63, 3.8) is 0 Å². The predicted octanol–water partition coefficient (Wildman–Crippen LogP) is 8.19. The van der Waals surface area contributed by atoms with Gasteiger partial charge in [0.2, 0.25) is 0 Å². The quantitative estimate of drug-likeness (QED) is 0.244. The molecule has 5 nitrogen and oxygen atoms in total. The average Bonchev–Trinajstić information content (AvgIpc) is 3.36. The third kappa shape index (κ3) is 5.47. The number of carbonyl (C=O) groups is 1. The second kappa shape index (κ2) is 10.3. The number of fused-ring (bicyclic) bond motifs is 1. The van der Waals surface area contributed by atoms with Crippen molar-refractivity contribution in [1.29, 1.82) is 0 Å². The number of imidazole rings is 1. The summed E-state index contributed by atoms with van der Waals surface area (Å²) in [6, 6.07) is 16.4.